The highest BCUT2D eigenvalue weighted by molar-refractivity contribution is 6.52. The van der Waals surface area contributed by atoms with Gasteiger partial charge in [-0.05, 0) is 25.9 Å². The summed E-state index contributed by atoms with van der Waals surface area (Å²) in [5.41, 5.74) is 1.77. The number of aromatic nitrogens is 1. The normalized spacial score (nSPS) is 9.36. The molecule has 0 atom stereocenters. The van der Waals surface area contributed by atoms with Crippen LogP contribution in [0.5, 0.6) is 0 Å². The van der Waals surface area contributed by atoms with E-state index in [1.165, 1.54) is 0 Å². The lowest BCUT2D eigenvalue weighted by atomic mass is 9.88. The van der Waals surface area contributed by atoms with Crippen molar-refractivity contribution in [3.63, 3.8) is 0 Å². The Morgan fingerprint density at radius 3 is 2.91 bits per heavy atom. The quantitative estimate of drug-likeness (QED) is 0.616. The minimum Gasteiger partial charge on any atom is -0.433 e. The molecule has 2 N–H and O–H groups in total. The van der Waals surface area contributed by atoms with Gasteiger partial charge in [-0.25, -0.2) is 0 Å². The minimum atomic E-state index is -0.530. The van der Waals surface area contributed by atoms with E-state index >= 15 is 0 Å². The largest absolute Gasteiger partial charge is 0.433 e. The summed E-state index contributed by atoms with van der Waals surface area (Å²) >= 11 is 0. The van der Waals surface area contributed by atoms with Gasteiger partial charge in [0, 0.05) is 11.9 Å². The molecule has 1 aromatic heterocycles. The Bertz CT molecular complexity index is 240. The molecule has 0 saturated heterocycles. The van der Waals surface area contributed by atoms with Crippen LogP contribution in [0.1, 0.15) is 5.69 Å². The Morgan fingerprint density at radius 2 is 2.36 bits per heavy atom. The Balaban J connectivity index is 2.78. The van der Waals surface area contributed by atoms with E-state index in [1.54, 1.807) is 13.0 Å². The first-order chi connectivity index (χ1) is 5.20. The Kier molecular flexibility index (Phi) is 2.49. The van der Waals surface area contributed by atoms with E-state index in [4.69, 9.17) is 5.02 Å². The monoisotopic (exact) mass is 150 g/mol. The van der Waals surface area contributed by atoms with Crippen LogP contribution in [0.15, 0.2) is 18.3 Å². The summed E-state index contributed by atoms with van der Waals surface area (Å²) < 4.78 is 0. The van der Waals surface area contributed by atoms with Crippen LogP contribution < -0.4 is 5.23 Å². The molecule has 11 heavy (non-hydrogen) atoms. The van der Waals surface area contributed by atoms with Gasteiger partial charge in [0.05, 0.1) is 5.69 Å². The molecule has 1 aromatic rings. The van der Waals surface area contributed by atoms with Crippen LogP contribution in [0.2, 0.25) is 6.82 Å². The maximum atomic E-state index is 8.99. The predicted molar refractivity (Wildman–Crippen MR) is 46.4 cm³/mol. The fourth-order valence-corrected chi connectivity index (χ4v) is 0.862. The molecule has 1 rings (SSSR count). The van der Waals surface area contributed by atoms with Crippen LogP contribution in [-0.2, 0) is 0 Å². The molecule has 3 nitrogen and oxygen atoms in total. The summed E-state index contributed by atoms with van der Waals surface area (Å²) in [4.78, 5) is 4.06. The molecule has 0 unspecified atom stereocenters. The zero-order valence-corrected chi connectivity index (χ0v) is 6.70. The first-order valence-corrected chi connectivity index (χ1v) is 3.56. The highest BCUT2D eigenvalue weighted by Gasteiger charge is 2.03. The summed E-state index contributed by atoms with van der Waals surface area (Å²) in [6.45, 7) is 3.57. The Hall–Kier alpha value is -1.03. The molecule has 0 bridgehead atoms. The van der Waals surface area contributed by atoms with E-state index in [2.05, 4.69) is 10.2 Å². The third-order valence-electron chi connectivity index (χ3n) is 1.37. The number of hydrogen-bond acceptors (Lipinski definition) is 3. The van der Waals surface area contributed by atoms with E-state index < -0.39 is 7.05 Å². The van der Waals surface area contributed by atoms with Crippen molar-refractivity contribution in [1.29, 1.82) is 0 Å². The first kappa shape index (κ1) is 8.08. The minimum absolute atomic E-state index is 0.530. The average molecular weight is 150 g/mol. The SMILES string of the molecule is CB(O)Nc1cccnc1C. The van der Waals surface area contributed by atoms with Gasteiger partial charge in [-0.3, -0.25) is 4.98 Å². The standard InChI is InChI=1S/C7H11BN2O/c1-6-7(10-8(2)11)4-3-5-9-6/h3-5,10-11H,1-2H3. The van der Waals surface area contributed by atoms with Crippen molar-refractivity contribution in [3.8, 4) is 0 Å². The van der Waals surface area contributed by atoms with Gasteiger partial charge in [0.1, 0.15) is 0 Å². The van der Waals surface area contributed by atoms with Crippen LogP contribution in [0.3, 0.4) is 0 Å². The Morgan fingerprint density at radius 1 is 1.64 bits per heavy atom. The van der Waals surface area contributed by atoms with Crippen molar-refractivity contribution in [2.24, 2.45) is 0 Å². The van der Waals surface area contributed by atoms with Gasteiger partial charge in [0.25, 0.3) is 0 Å². The van der Waals surface area contributed by atoms with Gasteiger partial charge >= 0.3 is 7.05 Å². The van der Waals surface area contributed by atoms with Crippen molar-refractivity contribution in [3.05, 3.63) is 24.0 Å². The van der Waals surface area contributed by atoms with Crippen molar-refractivity contribution < 1.29 is 5.02 Å². The summed E-state index contributed by atoms with van der Waals surface area (Å²) in [7, 11) is -0.530. The second kappa shape index (κ2) is 3.39. The van der Waals surface area contributed by atoms with Crippen LogP contribution in [0.4, 0.5) is 5.69 Å². The van der Waals surface area contributed by atoms with Crippen molar-refractivity contribution in [2.75, 3.05) is 5.23 Å². The van der Waals surface area contributed by atoms with Crippen molar-refractivity contribution in [2.45, 2.75) is 13.7 Å². The highest BCUT2D eigenvalue weighted by atomic mass is 16.2. The number of pyridine rings is 1. The average Bonchev–Trinajstić information content (AvgIpc) is 1.93. The first-order valence-electron chi connectivity index (χ1n) is 3.56. The van der Waals surface area contributed by atoms with E-state index in [0.717, 1.165) is 11.4 Å². The fraction of sp³-hybridized carbons (Fsp3) is 0.286. The van der Waals surface area contributed by atoms with E-state index in [9.17, 15) is 0 Å². The zero-order valence-electron chi connectivity index (χ0n) is 6.70. The van der Waals surface area contributed by atoms with Crippen molar-refractivity contribution in [1.82, 2.24) is 4.98 Å². The third-order valence-corrected chi connectivity index (χ3v) is 1.37. The maximum absolute atomic E-state index is 8.99. The lowest BCUT2D eigenvalue weighted by Crippen LogP contribution is -2.20. The number of nitrogens with zero attached hydrogens (tertiary/aromatic N) is 1. The molecule has 0 aliphatic heterocycles. The molecule has 0 fully saturated rings. The van der Waals surface area contributed by atoms with E-state index in [0.29, 0.717) is 0 Å². The van der Waals surface area contributed by atoms with Gasteiger partial charge in [-0.2, -0.15) is 0 Å². The van der Waals surface area contributed by atoms with Gasteiger partial charge in [0.2, 0.25) is 0 Å². The molecule has 0 spiro atoms. The molecule has 0 aliphatic carbocycles. The summed E-state index contributed by atoms with van der Waals surface area (Å²) in [6.07, 6.45) is 1.72. The second-order valence-corrected chi connectivity index (χ2v) is 2.46. The molecular weight excluding hydrogens is 139 g/mol. The van der Waals surface area contributed by atoms with Gasteiger partial charge in [-0.15, -0.1) is 0 Å². The smallest absolute Gasteiger partial charge is 0.406 e. The molecule has 0 aliphatic rings. The van der Waals surface area contributed by atoms with Crippen LogP contribution in [0.25, 0.3) is 0 Å². The molecule has 0 amide bonds. The molecule has 0 radical (unpaired) electrons. The molecule has 4 heteroatoms. The number of aryl methyl sites for hydroxylation is 1. The second-order valence-electron chi connectivity index (χ2n) is 2.46. The summed E-state index contributed by atoms with van der Waals surface area (Å²) in [5, 5.41) is 11.9. The van der Waals surface area contributed by atoms with E-state index in [-0.39, 0.29) is 0 Å². The van der Waals surface area contributed by atoms with Crippen molar-refractivity contribution >= 4 is 12.7 Å². The molecule has 0 saturated carbocycles. The van der Waals surface area contributed by atoms with Gasteiger partial charge < -0.3 is 10.3 Å². The van der Waals surface area contributed by atoms with Crippen LogP contribution >= 0.6 is 0 Å². The third kappa shape index (κ3) is 2.24. The highest BCUT2D eigenvalue weighted by Crippen LogP contribution is 2.09. The molecule has 0 aromatic carbocycles. The fourth-order valence-electron chi connectivity index (χ4n) is 0.862. The zero-order chi connectivity index (χ0) is 8.27. The van der Waals surface area contributed by atoms with Gasteiger partial charge in [0.15, 0.2) is 0 Å². The van der Waals surface area contributed by atoms with Gasteiger partial charge in [-0.1, -0.05) is 0 Å². The predicted octanol–water partition coefficient (Wildman–Crippen LogP) is 0.912. The summed E-state index contributed by atoms with van der Waals surface area (Å²) in [5.74, 6) is 0. The lowest BCUT2D eigenvalue weighted by Gasteiger charge is -2.07. The molecule has 58 valence electrons. The van der Waals surface area contributed by atoms with Crippen LogP contribution in [0, 0.1) is 6.92 Å². The molecule has 1 heterocycles. The number of anilines is 1. The number of rotatable bonds is 2. The topological polar surface area (TPSA) is 45.1 Å². The molecular formula is C7H11BN2O. The summed E-state index contributed by atoms with van der Waals surface area (Å²) in [6, 6.07) is 3.72. The number of nitrogens with one attached hydrogen (secondary N) is 1. The van der Waals surface area contributed by atoms with E-state index in [1.807, 2.05) is 19.1 Å². The lowest BCUT2D eigenvalue weighted by molar-refractivity contribution is 0.587. The van der Waals surface area contributed by atoms with Crippen LogP contribution in [-0.4, -0.2) is 17.1 Å². The number of hydrogen-bond donors (Lipinski definition) is 2. The maximum Gasteiger partial charge on any atom is 0.406 e. The Labute approximate surface area is 66.6 Å².